The molecule has 0 N–H and O–H groups in total. The largest absolute Gasteiger partial charge is 0.198 e. The van der Waals surface area contributed by atoms with Crippen LogP contribution in [0.1, 0.15) is 24.0 Å². The van der Waals surface area contributed by atoms with Gasteiger partial charge in [-0.2, -0.15) is 10.5 Å². The first-order chi connectivity index (χ1) is 5.77. The van der Waals surface area contributed by atoms with Gasteiger partial charge in [-0.15, -0.1) is 0 Å². The molecular weight excluding hydrogens is 148 g/mol. The van der Waals surface area contributed by atoms with Crippen molar-refractivity contribution in [2.45, 2.75) is 12.8 Å². The zero-order valence-electron chi connectivity index (χ0n) is 6.78. The molecule has 0 aliphatic rings. The van der Waals surface area contributed by atoms with E-state index in [9.17, 15) is 0 Å². The van der Waals surface area contributed by atoms with Gasteiger partial charge in [0.25, 0.3) is 0 Å². The second-order valence-electron chi connectivity index (χ2n) is 2.58. The molecule has 0 spiro atoms. The molecule has 0 saturated carbocycles. The Labute approximate surface area is 71.7 Å². The quantitative estimate of drug-likeness (QED) is 0.625. The molecule has 0 bridgehead atoms. The summed E-state index contributed by atoms with van der Waals surface area (Å²) >= 11 is 0. The summed E-state index contributed by atoms with van der Waals surface area (Å²) in [7, 11) is 0. The van der Waals surface area contributed by atoms with Crippen LogP contribution in [0.15, 0.2) is 24.3 Å². The van der Waals surface area contributed by atoms with Crippen molar-refractivity contribution >= 4 is 0 Å². The summed E-state index contributed by atoms with van der Waals surface area (Å²) in [4.78, 5) is 0. The minimum absolute atomic E-state index is 0.0993. The molecular formula is C10H8N2. The second kappa shape index (κ2) is 3.55. The average Bonchev–Trinajstić information content (AvgIpc) is 2.17. The normalized spacial score (nSPS) is 11.2. The first-order valence-electron chi connectivity index (χ1n) is 3.67. The molecule has 0 aromatic heterocycles. The molecule has 1 atom stereocenters. The van der Waals surface area contributed by atoms with Crippen LogP contribution >= 0.6 is 0 Å². The van der Waals surface area contributed by atoms with Crippen LogP contribution in [0.5, 0.6) is 0 Å². The Kier molecular flexibility index (Phi) is 2.46. The van der Waals surface area contributed by atoms with Gasteiger partial charge in [0.1, 0.15) is 0 Å². The Morgan fingerprint density at radius 3 is 2.17 bits per heavy atom. The molecule has 1 aromatic carbocycles. The van der Waals surface area contributed by atoms with Crippen molar-refractivity contribution < 1.29 is 0 Å². The summed E-state index contributed by atoms with van der Waals surface area (Å²) in [5, 5.41) is 17.1. The fourth-order valence-corrected chi connectivity index (χ4v) is 0.921. The minimum Gasteiger partial charge on any atom is -0.198 e. The van der Waals surface area contributed by atoms with Crippen molar-refractivity contribution in [1.29, 1.82) is 10.5 Å². The van der Waals surface area contributed by atoms with Gasteiger partial charge in [-0.05, 0) is 24.6 Å². The predicted octanol–water partition coefficient (Wildman–Crippen LogP) is 2.19. The third kappa shape index (κ3) is 1.62. The van der Waals surface area contributed by atoms with E-state index in [2.05, 4.69) is 6.07 Å². The summed E-state index contributed by atoms with van der Waals surface area (Å²) in [6.07, 6.45) is 0. The predicted molar refractivity (Wildman–Crippen MR) is 45.2 cm³/mol. The Morgan fingerprint density at radius 1 is 1.17 bits per heavy atom. The standard InChI is InChI=1S/C10H8N2/c1-8(6-11)10-4-2-9(7-12)3-5-10/h2-5,8H,1H3. The molecule has 0 fully saturated rings. The third-order valence-corrected chi connectivity index (χ3v) is 1.73. The lowest BCUT2D eigenvalue weighted by Gasteiger charge is -2.00. The van der Waals surface area contributed by atoms with Gasteiger partial charge in [-0.1, -0.05) is 12.1 Å². The molecule has 1 rings (SSSR count). The van der Waals surface area contributed by atoms with E-state index < -0.39 is 0 Å². The van der Waals surface area contributed by atoms with Crippen LogP contribution in [-0.2, 0) is 0 Å². The summed E-state index contributed by atoms with van der Waals surface area (Å²) in [6, 6.07) is 11.2. The lowest BCUT2D eigenvalue weighted by atomic mass is 10.0. The molecule has 12 heavy (non-hydrogen) atoms. The Morgan fingerprint density at radius 2 is 1.75 bits per heavy atom. The molecule has 0 aliphatic carbocycles. The van der Waals surface area contributed by atoms with Crippen LogP contribution in [0.3, 0.4) is 0 Å². The van der Waals surface area contributed by atoms with E-state index in [0.29, 0.717) is 5.56 Å². The van der Waals surface area contributed by atoms with Crippen molar-refractivity contribution in [1.82, 2.24) is 0 Å². The smallest absolute Gasteiger partial charge is 0.0991 e. The lowest BCUT2D eigenvalue weighted by Crippen LogP contribution is -1.88. The fourth-order valence-electron chi connectivity index (χ4n) is 0.921. The molecule has 2 heteroatoms. The van der Waals surface area contributed by atoms with Gasteiger partial charge in [0, 0.05) is 0 Å². The van der Waals surface area contributed by atoms with Gasteiger partial charge in [-0.25, -0.2) is 0 Å². The molecule has 0 amide bonds. The monoisotopic (exact) mass is 156 g/mol. The number of hydrogen-bond acceptors (Lipinski definition) is 2. The molecule has 58 valence electrons. The molecule has 0 saturated heterocycles. The van der Waals surface area contributed by atoms with Crippen molar-refractivity contribution in [2.24, 2.45) is 0 Å². The van der Waals surface area contributed by atoms with Crippen LogP contribution in [0.25, 0.3) is 0 Å². The average molecular weight is 156 g/mol. The molecule has 1 aromatic rings. The highest BCUT2D eigenvalue weighted by atomic mass is 14.3. The van der Waals surface area contributed by atoms with Crippen LogP contribution < -0.4 is 0 Å². The topological polar surface area (TPSA) is 47.6 Å². The van der Waals surface area contributed by atoms with E-state index >= 15 is 0 Å². The number of nitrogens with zero attached hydrogens (tertiary/aromatic N) is 2. The minimum atomic E-state index is -0.0993. The van der Waals surface area contributed by atoms with Gasteiger partial charge in [0.05, 0.1) is 23.6 Å². The van der Waals surface area contributed by atoms with Crippen molar-refractivity contribution in [2.75, 3.05) is 0 Å². The van der Waals surface area contributed by atoms with E-state index in [4.69, 9.17) is 10.5 Å². The van der Waals surface area contributed by atoms with Crippen LogP contribution in [0.4, 0.5) is 0 Å². The van der Waals surface area contributed by atoms with Gasteiger partial charge < -0.3 is 0 Å². The molecule has 2 nitrogen and oxygen atoms in total. The first-order valence-corrected chi connectivity index (χ1v) is 3.67. The fraction of sp³-hybridized carbons (Fsp3) is 0.200. The van der Waals surface area contributed by atoms with E-state index in [1.807, 2.05) is 25.1 Å². The first kappa shape index (κ1) is 8.30. The number of rotatable bonds is 1. The highest BCUT2D eigenvalue weighted by Crippen LogP contribution is 2.13. The number of benzene rings is 1. The Bertz CT molecular complexity index is 338. The number of nitriles is 2. The summed E-state index contributed by atoms with van der Waals surface area (Å²) < 4.78 is 0. The van der Waals surface area contributed by atoms with E-state index in [0.717, 1.165) is 5.56 Å². The maximum Gasteiger partial charge on any atom is 0.0991 e. The maximum atomic E-state index is 8.60. The SMILES string of the molecule is CC(C#N)c1ccc(C#N)cc1. The highest BCUT2D eigenvalue weighted by molar-refractivity contribution is 5.34. The van der Waals surface area contributed by atoms with E-state index in [1.54, 1.807) is 12.1 Å². The van der Waals surface area contributed by atoms with E-state index in [1.165, 1.54) is 0 Å². The molecule has 0 aliphatic heterocycles. The molecule has 1 unspecified atom stereocenters. The lowest BCUT2D eigenvalue weighted by molar-refractivity contribution is 0.981. The Balaban J connectivity index is 2.96. The van der Waals surface area contributed by atoms with E-state index in [-0.39, 0.29) is 5.92 Å². The maximum absolute atomic E-state index is 8.60. The van der Waals surface area contributed by atoms with Crippen LogP contribution in [0.2, 0.25) is 0 Å². The second-order valence-corrected chi connectivity index (χ2v) is 2.58. The third-order valence-electron chi connectivity index (χ3n) is 1.73. The molecule has 0 heterocycles. The summed E-state index contributed by atoms with van der Waals surface area (Å²) in [6.45, 7) is 1.83. The van der Waals surface area contributed by atoms with Gasteiger partial charge in [0.15, 0.2) is 0 Å². The van der Waals surface area contributed by atoms with Gasteiger partial charge >= 0.3 is 0 Å². The zero-order chi connectivity index (χ0) is 8.97. The van der Waals surface area contributed by atoms with Gasteiger partial charge in [0.2, 0.25) is 0 Å². The van der Waals surface area contributed by atoms with Gasteiger partial charge in [-0.3, -0.25) is 0 Å². The van der Waals surface area contributed by atoms with Crippen molar-refractivity contribution in [3.63, 3.8) is 0 Å². The van der Waals surface area contributed by atoms with Crippen LogP contribution in [-0.4, -0.2) is 0 Å². The summed E-state index contributed by atoms with van der Waals surface area (Å²) in [5.74, 6) is -0.0993. The van der Waals surface area contributed by atoms with Crippen LogP contribution in [0, 0.1) is 22.7 Å². The highest BCUT2D eigenvalue weighted by Gasteiger charge is 2.01. The summed E-state index contributed by atoms with van der Waals surface area (Å²) in [5.41, 5.74) is 1.58. The molecule has 0 radical (unpaired) electrons. The Hall–Kier alpha value is -1.80. The van der Waals surface area contributed by atoms with Crippen molar-refractivity contribution in [3.8, 4) is 12.1 Å². The van der Waals surface area contributed by atoms with Crippen molar-refractivity contribution in [3.05, 3.63) is 35.4 Å². The number of hydrogen-bond donors (Lipinski definition) is 0. The zero-order valence-corrected chi connectivity index (χ0v) is 6.78.